The summed E-state index contributed by atoms with van der Waals surface area (Å²) in [5.41, 5.74) is 4.11. The van der Waals surface area contributed by atoms with Crippen LogP contribution in [0.1, 0.15) is 127 Å². The number of fused-ring (bicyclic) bond motifs is 1. The van der Waals surface area contributed by atoms with Crippen LogP contribution in [0.3, 0.4) is 0 Å². The molecule has 52 heavy (non-hydrogen) atoms. The smallest absolute Gasteiger partial charge is 0.291 e. The van der Waals surface area contributed by atoms with Crippen molar-refractivity contribution in [3.05, 3.63) is 89.0 Å². The van der Waals surface area contributed by atoms with Gasteiger partial charge < -0.3 is 4.90 Å². The molecule has 0 aliphatic carbocycles. The van der Waals surface area contributed by atoms with Gasteiger partial charge in [0, 0.05) is 30.6 Å². The third-order valence-electron chi connectivity index (χ3n) is 10.1. The van der Waals surface area contributed by atoms with Gasteiger partial charge in [-0.1, -0.05) is 152 Å². The van der Waals surface area contributed by atoms with E-state index in [1.165, 1.54) is 43.2 Å². The summed E-state index contributed by atoms with van der Waals surface area (Å²) in [5, 5.41) is 16.7. The van der Waals surface area contributed by atoms with Crippen LogP contribution in [0.15, 0.2) is 76.8 Å². The van der Waals surface area contributed by atoms with E-state index in [0.717, 1.165) is 65.7 Å². The molecule has 2 unspecified atom stereocenters. The fourth-order valence-electron chi connectivity index (χ4n) is 6.91. The molecule has 0 saturated heterocycles. The molecule has 0 N–H and O–H groups in total. The topological polar surface area (TPSA) is 100 Å². The Labute approximate surface area is 314 Å². The molecule has 4 aromatic rings. The van der Waals surface area contributed by atoms with Crippen LogP contribution in [0.25, 0.3) is 11.3 Å². The quantitative estimate of drug-likeness (QED) is 0.0902. The molecule has 0 spiro atoms. The van der Waals surface area contributed by atoms with Crippen LogP contribution >= 0.6 is 11.3 Å². The average Bonchev–Trinajstić information content (AvgIpc) is 3.80. The molecule has 2 aromatic heterocycles. The van der Waals surface area contributed by atoms with E-state index in [1.54, 1.807) is 11.3 Å². The van der Waals surface area contributed by atoms with E-state index >= 15 is 0 Å². The minimum absolute atomic E-state index is 0.0897. The molecule has 0 radical (unpaired) electrons. The van der Waals surface area contributed by atoms with E-state index < -0.39 is 5.91 Å². The van der Waals surface area contributed by atoms with Crippen molar-refractivity contribution in [2.75, 3.05) is 18.0 Å². The zero-order valence-corrected chi connectivity index (χ0v) is 32.6. The second kappa shape index (κ2) is 19.4. The maximum Gasteiger partial charge on any atom is 0.291 e. The molecule has 0 saturated carbocycles. The van der Waals surface area contributed by atoms with Gasteiger partial charge in [-0.15, -0.1) is 5.10 Å². The predicted molar refractivity (Wildman–Crippen MR) is 215 cm³/mol. The van der Waals surface area contributed by atoms with Crippen molar-refractivity contribution in [1.82, 2.24) is 19.7 Å². The predicted octanol–water partition coefficient (Wildman–Crippen LogP) is 11.0. The first kappa shape index (κ1) is 38.8. The summed E-state index contributed by atoms with van der Waals surface area (Å²) in [6.45, 7) is 13.2. The minimum atomic E-state index is -0.441. The number of allylic oxidation sites excluding steroid dienone is 2. The number of benzene rings is 2. The van der Waals surface area contributed by atoms with E-state index in [1.807, 2.05) is 48.5 Å². The van der Waals surface area contributed by atoms with E-state index in [0.29, 0.717) is 47.6 Å². The van der Waals surface area contributed by atoms with Gasteiger partial charge >= 0.3 is 0 Å². The second-order valence-corrected chi connectivity index (χ2v) is 15.0. The number of carbonyl (C=O) groups is 1. The maximum atomic E-state index is 13.8. The van der Waals surface area contributed by atoms with Gasteiger partial charge in [0.2, 0.25) is 0 Å². The molecule has 1 aliphatic heterocycles. The lowest BCUT2D eigenvalue weighted by Gasteiger charge is -2.30. The SMILES string of the molecule is CCCCC1=C(C#N)C(=O)n2nc(Cc3ccccc3)nc2/C1=N\c1sc(N(CC(CC)CCCC)CC(CC)CCCC)nc1-c1ccccc1. The number of aromatic nitrogens is 4. The monoisotopic (exact) mass is 717 g/mol. The number of nitriles is 1. The second-order valence-electron chi connectivity index (χ2n) is 14.0. The van der Waals surface area contributed by atoms with Crippen molar-refractivity contribution < 1.29 is 4.79 Å². The van der Waals surface area contributed by atoms with Gasteiger partial charge in [-0.3, -0.25) is 4.79 Å². The molecule has 0 amide bonds. The molecule has 0 bridgehead atoms. The summed E-state index contributed by atoms with van der Waals surface area (Å²) in [6.07, 6.45) is 12.3. The normalized spacial score (nSPS) is 14.8. The Kier molecular flexibility index (Phi) is 14.5. The Bertz CT molecular complexity index is 1830. The Balaban J connectivity index is 1.67. The summed E-state index contributed by atoms with van der Waals surface area (Å²) in [5.74, 6) is 1.63. The summed E-state index contributed by atoms with van der Waals surface area (Å²) >= 11 is 1.61. The van der Waals surface area contributed by atoms with Gasteiger partial charge in [0.05, 0.1) is 0 Å². The van der Waals surface area contributed by atoms with E-state index in [4.69, 9.17) is 15.0 Å². The van der Waals surface area contributed by atoms with E-state index in [2.05, 4.69) is 62.8 Å². The lowest BCUT2D eigenvalue weighted by molar-refractivity contribution is 0.0941. The molecule has 9 heteroatoms. The highest BCUT2D eigenvalue weighted by Crippen LogP contribution is 2.42. The Morgan fingerprint density at radius 3 is 2.04 bits per heavy atom. The highest BCUT2D eigenvalue weighted by Gasteiger charge is 2.34. The molecule has 2 aromatic carbocycles. The average molecular weight is 718 g/mol. The third-order valence-corrected chi connectivity index (χ3v) is 11.1. The van der Waals surface area contributed by atoms with Crippen LogP contribution in [-0.2, 0) is 6.42 Å². The lowest BCUT2D eigenvalue weighted by Crippen LogP contribution is -2.34. The van der Waals surface area contributed by atoms with Gasteiger partial charge in [-0.25, -0.2) is 15.0 Å². The molecule has 1 aliphatic rings. The van der Waals surface area contributed by atoms with Crippen molar-refractivity contribution in [3.63, 3.8) is 0 Å². The van der Waals surface area contributed by atoms with Crippen molar-refractivity contribution in [2.24, 2.45) is 16.8 Å². The molecule has 8 nitrogen and oxygen atoms in total. The molecule has 3 heterocycles. The number of nitrogens with zero attached hydrogens (tertiary/aromatic N) is 7. The van der Waals surface area contributed by atoms with Crippen LogP contribution in [0, 0.1) is 23.2 Å². The number of rotatable bonds is 20. The van der Waals surface area contributed by atoms with Gasteiger partial charge in [-0.2, -0.15) is 9.94 Å². The molecular formula is C43H55N7OS. The Morgan fingerprint density at radius 2 is 1.46 bits per heavy atom. The van der Waals surface area contributed by atoms with Gasteiger partial charge in [0.25, 0.3) is 5.91 Å². The Hall–Kier alpha value is -4.42. The first-order valence-corrected chi connectivity index (χ1v) is 20.3. The number of aliphatic imine (C=N–C) groups is 1. The third kappa shape index (κ3) is 9.51. The lowest BCUT2D eigenvalue weighted by atomic mass is 9.94. The highest BCUT2D eigenvalue weighted by atomic mass is 32.1. The van der Waals surface area contributed by atoms with Gasteiger partial charge in [-0.05, 0) is 43.1 Å². The van der Waals surface area contributed by atoms with Crippen LogP contribution in [-0.4, -0.2) is 44.5 Å². The van der Waals surface area contributed by atoms with Crippen LogP contribution in [0.5, 0.6) is 0 Å². The van der Waals surface area contributed by atoms with Crippen LogP contribution < -0.4 is 4.90 Å². The first-order valence-electron chi connectivity index (χ1n) is 19.5. The van der Waals surface area contributed by atoms with Crippen molar-refractivity contribution in [1.29, 1.82) is 5.26 Å². The minimum Gasteiger partial charge on any atom is -0.347 e. The molecule has 0 fully saturated rings. The fraction of sp³-hybridized carbons (Fsp3) is 0.488. The number of unbranched alkanes of at least 4 members (excludes halogenated alkanes) is 3. The molecule has 5 rings (SSSR count). The number of hydrogen-bond acceptors (Lipinski definition) is 8. The summed E-state index contributed by atoms with van der Waals surface area (Å²) in [6, 6.07) is 22.5. The number of hydrogen-bond donors (Lipinski definition) is 0. The zero-order chi connectivity index (χ0) is 36.9. The first-order chi connectivity index (χ1) is 25.4. The fourth-order valence-corrected chi connectivity index (χ4v) is 7.89. The zero-order valence-electron chi connectivity index (χ0n) is 31.8. The van der Waals surface area contributed by atoms with Gasteiger partial charge in [0.15, 0.2) is 16.8 Å². The largest absolute Gasteiger partial charge is 0.347 e. The van der Waals surface area contributed by atoms with Gasteiger partial charge in [0.1, 0.15) is 28.0 Å². The summed E-state index contributed by atoms with van der Waals surface area (Å²) in [7, 11) is 0. The van der Waals surface area contributed by atoms with Crippen molar-refractivity contribution >= 4 is 33.1 Å². The summed E-state index contributed by atoms with van der Waals surface area (Å²) < 4.78 is 1.29. The van der Waals surface area contributed by atoms with E-state index in [9.17, 15) is 10.1 Å². The maximum absolute atomic E-state index is 13.8. The Morgan fingerprint density at radius 1 is 0.846 bits per heavy atom. The van der Waals surface area contributed by atoms with Crippen LogP contribution in [0.2, 0.25) is 0 Å². The van der Waals surface area contributed by atoms with Crippen molar-refractivity contribution in [3.8, 4) is 17.3 Å². The molecule has 274 valence electrons. The van der Waals surface area contributed by atoms with Crippen LogP contribution in [0.4, 0.5) is 10.1 Å². The van der Waals surface area contributed by atoms with Crippen molar-refractivity contribution in [2.45, 2.75) is 112 Å². The molecular weight excluding hydrogens is 663 g/mol. The van der Waals surface area contributed by atoms with E-state index in [-0.39, 0.29) is 5.57 Å². The number of carbonyl (C=O) groups excluding carboxylic acids is 1. The highest BCUT2D eigenvalue weighted by molar-refractivity contribution is 7.19. The molecule has 2 atom stereocenters. The number of thiazole rings is 1. The number of anilines is 1. The summed E-state index contributed by atoms with van der Waals surface area (Å²) in [4.78, 5) is 32.0. The standard InChI is InChI=1S/C43H55N7OS/c1-6-11-20-31(9-4)29-49(30-32(10-5)21-12-7-2)43-47-38(34-24-18-15-19-25-34)41(52-43)46-39-35(26-13-8-3)36(28-44)42(51)50-40(39)45-37(48-50)27-33-22-16-14-17-23-33/h14-19,22-25,31-32H,6-13,20-21,26-27,29-30H2,1-5H3/b46-39-.